The number of benzene rings is 1. The van der Waals surface area contributed by atoms with E-state index in [0.717, 1.165) is 43.5 Å². The molecule has 0 fully saturated rings. The summed E-state index contributed by atoms with van der Waals surface area (Å²) in [6.07, 6.45) is 3.49. The van der Waals surface area contributed by atoms with E-state index in [2.05, 4.69) is 48.9 Å². The molecule has 1 heterocycles. The molecule has 0 saturated carbocycles. The van der Waals surface area contributed by atoms with Crippen molar-refractivity contribution in [1.82, 2.24) is 9.78 Å². The molecule has 1 aromatic heterocycles. The van der Waals surface area contributed by atoms with Gasteiger partial charge in [-0.2, -0.15) is 5.10 Å². The second-order valence-corrected chi connectivity index (χ2v) is 5.50. The summed E-state index contributed by atoms with van der Waals surface area (Å²) in [6.45, 7) is 6.99. The van der Waals surface area contributed by atoms with Crippen molar-refractivity contribution in [2.45, 2.75) is 59.1 Å². The minimum atomic E-state index is -0.433. The highest BCUT2D eigenvalue weighted by atomic mass is 16.3. The molecule has 1 N–H and O–H groups in total. The summed E-state index contributed by atoms with van der Waals surface area (Å²) in [7, 11) is 0. The van der Waals surface area contributed by atoms with E-state index >= 15 is 0 Å². The van der Waals surface area contributed by atoms with E-state index in [1.165, 1.54) is 11.3 Å². The Bertz CT molecular complexity index is 558. The summed E-state index contributed by atoms with van der Waals surface area (Å²) in [5.41, 5.74) is 4.64. The predicted molar refractivity (Wildman–Crippen MR) is 86.4 cm³/mol. The largest absolute Gasteiger partial charge is 0.389 e. The summed E-state index contributed by atoms with van der Waals surface area (Å²) in [5, 5.41) is 14.7. The van der Waals surface area contributed by atoms with Gasteiger partial charge in [0.1, 0.15) is 0 Å². The maximum Gasteiger partial charge on any atom is 0.0798 e. The van der Waals surface area contributed by atoms with Gasteiger partial charge in [-0.05, 0) is 38.2 Å². The van der Waals surface area contributed by atoms with Crippen LogP contribution in [0.25, 0.3) is 0 Å². The number of hydrogen-bond donors (Lipinski definition) is 1. The second kappa shape index (κ2) is 7.41. The van der Waals surface area contributed by atoms with Gasteiger partial charge in [0.05, 0.1) is 11.8 Å². The van der Waals surface area contributed by atoms with E-state index in [-0.39, 0.29) is 0 Å². The van der Waals surface area contributed by atoms with Crippen LogP contribution in [0.1, 0.15) is 55.8 Å². The zero-order valence-electron chi connectivity index (χ0n) is 13.3. The van der Waals surface area contributed by atoms with Crippen molar-refractivity contribution >= 4 is 0 Å². The fourth-order valence-corrected chi connectivity index (χ4v) is 2.94. The van der Waals surface area contributed by atoms with Crippen LogP contribution in [-0.2, 0) is 25.8 Å². The Morgan fingerprint density at radius 2 is 1.86 bits per heavy atom. The van der Waals surface area contributed by atoms with E-state index in [4.69, 9.17) is 5.10 Å². The monoisotopic (exact) mass is 286 g/mol. The molecule has 0 aliphatic heterocycles. The van der Waals surface area contributed by atoms with Crippen LogP contribution in [0.3, 0.4) is 0 Å². The van der Waals surface area contributed by atoms with Crippen LogP contribution in [0.4, 0.5) is 0 Å². The first-order valence-electron chi connectivity index (χ1n) is 7.97. The van der Waals surface area contributed by atoms with Gasteiger partial charge in [0.25, 0.3) is 0 Å². The highest BCUT2D eigenvalue weighted by molar-refractivity contribution is 5.28. The fraction of sp³-hybridized carbons (Fsp3) is 0.500. The number of nitrogens with zero attached hydrogens (tertiary/aromatic N) is 2. The van der Waals surface area contributed by atoms with E-state index in [1.807, 2.05) is 6.92 Å². The lowest BCUT2D eigenvalue weighted by Crippen LogP contribution is -2.07. The second-order valence-electron chi connectivity index (χ2n) is 5.50. The normalized spacial score (nSPS) is 12.6. The van der Waals surface area contributed by atoms with Gasteiger partial charge >= 0.3 is 0 Å². The number of rotatable bonds is 7. The highest BCUT2D eigenvalue weighted by Crippen LogP contribution is 2.23. The summed E-state index contributed by atoms with van der Waals surface area (Å²) >= 11 is 0. The quantitative estimate of drug-likeness (QED) is 0.843. The minimum absolute atomic E-state index is 0.433. The molecule has 0 aliphatic carbocycles. The Morgan fingerprint density at radius 3 is 2.43 bits per heavy atom. The summed E-state index contributed by atoms with van der Waals surface area (Å²) in [5.74, 6) is 0. The Kier molecular flexibility index (Phi) is 5.57. The molecule has 0 saturated heterocycles. The van der Waals surface area contributed by atoms with Crippen LogP contribution >= 0.6 is 0 Å². The van der Waals surface area contributed by atoms with Gasteiger partial charge in [0, 0.05) is 17.8 Å². The van der Waals surface area contributed by atoms with E-state index < -0.39 is 6.10 Å². The van der Waals surface area contributed by atoms with Crippen molar-refractivity contribution < 1.29 is 5.11 Å². The Hall–Kier alpha value is -1.61. The van der Waals surface area contributed by atoms with Crippen molar-refractivity contribution in [2.24, 2.45) is 0 Å². The van der Waals surface area contributed by atoms with Crippen LogP contribution < -0.4 is 0 Å². The third-order valence-corrected chi connectivity index (χ3v) is 3.94. The number of aromatic nitrogens is 2. The highest BCUT2D eigenvalue weighted by Gasteiger charge is 2.18. The summed E-state index contributed by atoms with van der Waals surface area (Å²) in [4.78, 5) is 0. The molecular formula is C18H26N2O. The van der Waals surface area contributed by atoms with Crippen molar-refractivity contribution in [3.8, 4) is 0 Å². The van der Waals surface area contributed by atoms with Gasteiger partial charge in [-0.15, -0.1) is 0 Å². The molecule has 2 aromatic rings. The van der Waals surface area contributed by atoms with Gasteiger partial charge in [0.2, 0.25) is 0 Å². The third-order valence-electron chi connectivity index (χ3n) is 3.94. The Morgan fingerprint density at radius 1 is 1.14 bits per heavy atom. The zero-order chi connectivity index (χ0) is 15.2. The number of hydrogen-bond acceptors (Lipinski definition) is 2. The van der Waals surface area contributed by atoms with Gasteiger partial charge in [0.15, 0.2) is 0 Å². The van der Waals surface area contributed by atoms with Crippen LogP contribution in [-0.4, -0.2) is 14.9 Å². The minimum Gasteiger partial charge on any atom is -0.389 e. The maximum absolute atomic E-state index is 10.0. The number of aliphatic hydroxyl groups is 1. The fourth-order valence-electron chi connectivity index (χ4n) is 2.94. The average molecular weight is 286 g/mol. The first-order valence-corrected chi connectivity index (χ1v) is 7.97. The van der Waals surface area contributed by atoms with Crippen LogP contribution in [0.15, 0.2) is 30.3 Å². The molecule has 1 atom stereocenters. The molecule has 0 spiro atoms. The zero-order valence-corrected chi connectivity index (χ0v) is 13.3. The van der Waals surface area contributed by atoms with Gasteiger partial charge in [-0.3, -0.25) is 4.68 Å². The molecule has 0 amide bonds. The summed E-state index contributed by atoms with van der Waals surface area (Å²) in [6, 6.07) is 10.6. The number of aryl methyl sites for hydroxylation is 3. The Labute approximate surface area is 127 Å². The van der Waals surface area contributed by atoms with Crippen molar-refractivity contribution in [1.29, 1.82) is 0 Å². The smallest absolute Gasteiger partial charge is 0.0798 e. The van der Waals surface area contributed by atoms with Gasteiger partial charge < -0.3 is 5.11 Å². The van der Waals surface area contributed by atoms with E-state index in [0.29, 0.717) is 0 Å². The van der Waals surface area contributed by atoms with E-state index in [9.17, 15) is 5.11 Å². The lowest BCUT2D eigenvalue weighted by atomic mass is 10.0. The van der Waals surface area contributed by atoms with Crippen LogP contribution in [0.2, 0.25) is 0 Å². The molecule has 0 bridgehead atoms. The molecule has 0 aliphatic rings. The maximum atomic E-state index is 10.0. The molecular weight excluding hydrogens is 260 g/mol. The van der Waals surface area contributed by atoms with Gasteiger partial charge in [-0.1, -0.05) is 44.2 Å². The third kappa shape index (κ3) is 3.73. The van der Waals surface area contributed by atoms with Crippen LogP contribution in [0.5, 0.6) is 0 Å². The summed E-state index contributed by atoms with van der Waals surface area (Å²) < 4.78 is 2.10. The predicted octanol–water partition coefficient (Wildman–Crippen LogP) is 3.69. The SMILES string of the molecule is CCc1nn(CCCc2ccccc2)c(CC)c1C(C)O. The Balaban J connectivity index is 2.09. The molecule has 114 valence electrons. The topological polar surface area (TPSA) is 38.0 Å². The average Bonchev–Trinajstić information content (AvgIpc) is 2.86. The first-order chi connectivity index (χ1) is 10.2. The molecule has 0 radical (unpaired) electrons. The van der Waals surface area contributed by atoms with Crippen molar-refractivity contribution in [2.75, 3.05) is 0 Å². The van der Waals surface area contributed by atoms with E-state index in [1.54, 1.807) is 0 Å². The lowest BCUT2D eigenvalue weighted by Gasteiger charge is -2.09. The molecule has 1 unspecified atom stereocenters. The molecule has 1 aromatic carbocycles. The number of aliphatic hydroxyl groups excluding tert-OH is 1. The van der Waals surface area contributed by atoms with Crippen LogP contribution in [0, 0.1) is 0 Å². The molecule has 3 heteroatoms. The molecule has 3 nitrogen and oxygen atoms in total. The lowest BCUT2D eigenvalue weighted by molar-refractivity contribution is 0.197. The standard InChI is InChI=1S/C18H26N2O/c1-4-16-18(14(3)21)17(5-2)20(19-16)13-9-12-15-10-7-6-8-11-15/h6-8,10-11,14,21H,4-5,9,12-13H2,1-3H3. The van der Waals surface area contributed by atoms with Gasteiger partial charge in [-0.25, -0.2) is 0 Å². The van der Waals surface area contributed by atoms with Crippen molar-refractivity contribution in [3.63, 3.8) is 0 Å². The molecule has 21 heavy (non-hydrogen) atoms. The molecule has 2 rings (SSSR count). The van der Waals surface area contributed by atoms with Crippen molar-refractivity contribution in [3.05, 3.63) is 52.8 Å². The first kappa shape index (κ1) is 15.8.